The lowest BCUT2D eigenvalue weighted by molar-refractivity contribution is -0.0355. The van der Waals surface area contributed by atoms with E-state index in [-0.39, 0.29) is 23.7 Å². The van der Waals surface area contributed by atoms with Crippen LogP contribution in [0.3, 0.4) is 0 Å². The third-order valence-corrected chi connectivity index (χ3v) is 4.10. The van der Waals surface area contributed by atoms with Gasteiger partial charge in [-0.05, 0) is 35.8 Å². The van der Waals surface area contributed by atoms with Crippen LogP contribution in [0.2, 0.25) is 0 Å². The number of carbonyl (C=O) groups excluding carboxylic acids is 1. The summed E-state index contributed by atoms with van der Waals surface area (Å²) >= 11 is 3.19. The van der Waals surface area contributed by atoms with Crippen molar-refractivity contribution < 1.29 is 9.53 Å². The summed E-state index contributed by atoms with van der Waals surface area (Å²) in [5.74, 6) is 0. The number of aromatic nitrogens is 1. The van der Waals surface area contributed by atoms with Gasteiger partial charge in [-0.1, -0.05) is 0 Å². The molecule has 2 amide bonds. The van der Waals surface area contributed by atoms with Gasteiger partial charge in [0.05, 0.1) is 28.9 Å². The highest BCUT2D eigenvalue weighted by Crippen LogP contribution is 2.16. The second-order valence-corrected chi connectivity index (χ2v) is 5.79. The van der Waals surface area contributed by atoms with Crippen molar-refractivity contribution >= 4 is 27.6 Å². The predicted molar refractivity (Wildman–Crippen MR) is 80.0 cm³/mol. The molecule has 0 aliphatic carbocycles. The predicted octanol–water partition coefficient (Wildman–Crippen LogP) is 1.79. The molecule has 6 nitrogen and oxygen atoms in total. The third kappa shape index (κ3) is 3.04. The van der Waals surface area contributed by atoms with E-state index in [1.54, 1.807) is 24.2 Å². The smallest absolute Gasteiger partial charge is 0.322 e. The number of anilines is 1. The first-order valence-electron chi connectivity index (χ1n) is 6.45. The highest BCUT2D eigenvalue weighted by Gasteiger charge is 2.29. The highest BCUT2D eigenvalue weighted by molar-refractivity contribution is 9.10. The van der Waals surface area contributed by atoms with Gasteiger partial charge in [0.25, 0.3) is 5.56 Å². The number of amides is 2. The molecular weight excluding hydrogens is 326 g/mol. The van der Waals surface area contributed by atoms with E-state index in [0.29, 0.717) is 23.3 Å². The lowest BCUT2D eigenvalue weighted by Crippen LogP contribution is -2.52. The Balaban J connectivity index is 2.13. The van der Waals surface area contributed by atoms with E-state index < -0.39 is 0 Å². The van der Waals surface area contributed by atoms with E-state index >= 15 is 0 Å². The molecule has 110 valence electrons. The van der Waals surface area contributed by atoms with Crippen molar-refractivity contribution in [3.63, 3.8) is 0 Å². The number of carbonyl (C=O) groups is 1. The minimum absolute atomic E-state index is 0.0136. The van der Waals surface area contributed by atoms with E-state index in [0.717, 1.165) is 0 Å². The van der Waals surface area contributed by atoms with E-state index in [1.165, 1.54) is 4.57 Å². The zero-order valence-corrected chi connectivity index (χ0v) is 13.3. The molecule has 0 radical (unpaired) electrons. The SMILES string of the molecule is CC1OCCN(C(=O)Nc2cc(Br)c(=O)n(C)c2)C1C. The molecule has 0 aromatic carbocycles. The molecule has 0 spiro atoms. The first-order chi connectivity index (χ1) is 9.40. The summed E-state index contributed by atoms with van der Waals surface area (Å²) in [5, 5.41) is 2.81. The van der Waals surface area contributed by atoms with Crippen LogP contribution in [-0.2, 0) is 11.8 Å². The monoisotopic (exact) mass is 343 g/mol. The maximum Gasteiger partial charge on any atom is 0.322 e. The molecule has 2 unspecified atom stereocenters. The lowest BCUT2D eigenvalue weighted by Gasteiger charge is -2.37. The van der Waals surface area contributed by atoms with Crippen LogP contribution in [0, 0.1) is 0 Å². The van der Waals surface area contributed by atoms with Crippen LogP contribution in [0.25, 0.3) is 0 Å². The van der Waals surface area contributed by atoms with Crippen molar-refractivity contribution in [2.45, 2.75) is 26.0 Å². The number of rotatable bonds is 1. The topological polar surface area (TPSA) is 63.6 Å². The third-order valence-electron chi connectivity index (χ3n) is 3.54. The number of hydrogen-bond acceptors (Lipinski definition) is 3. The summed E-state index contributed by atoms with van der Waals surface area (Å²) in [6, 6.07) is 1.44. The molecule has 1 aromatic heterocycles. The Kier molecular flexibility index (Phi) is 4.49. The van der Waals surface area contributed by atoms with Crippen molar-refractivity contribution in [1.82, 2.24) is 9.47 Å². The van der Waals surface area contributed by atoms with Crippen LogP contribution >= 0.6 is 15.9 Å². The van der Waals surface area contributed by atoms with E-state index in [1.807, 2.05) is 13.8 Å². The van der Waals surface area contributed by atoms with Crippen LogP contribution in [-0.4, -0.2) is 40.8 Å². The molecule has 0 saturated carbocycles. The largest absolute Gasteiger partial charge is 0.375 e. The van der Waals surface area contributed by atoms with Crippen molar-refractivity contribution in [2.24, 2.45) is 7.05 Å². The van der Waals surface area contributed by atoms with Gasteiger partial charge < -0.3 is 19.5 Å². The average molecular weight is 344 g/mol. The summed E-state index contributed by atoms with van der Waals surface area (Å²) < 4.78 is 7.34. The van der Waals surface area contributed by atoms with Crippen molar-refractivity contribution in [3.05, 3.63) is 27.1 Å². The fourth-order valence-corrected chi connectivity index (χ4v) is 2.68. The average Bonchev–Trinajstić information content (AvgIpc) is 2.39. The van der Waals surface area contributed by atoms with Crippen LogP contribution in [0.15, 0.2) is 21.5 Å². The molecule has 1 aliphatic rings. The maximum atomic E-state index is 12.3. The number of aryl methyl sites for hydroxylation is 1. The molecule has 20 heavy (non-hydrogen) atoms. The zero-order chi connectivity index (χ0) is 14.9. The fraction of sp³-hybridized carbons (Fsp3) is 0.538. The van der Waals surface area contributed by atoms with Crippen LogP contribution in [0.4, 0.5) is 10.5 Å². The quantitative estimate of drug-likeness (QED) is 0.845. The first kappa shape index (κ1) is 15.1. The van der Waals surface area contributed by atoms with Gasteiger partial charge in [-0.2, -0.15) is 0 Å². The van der Waals surface area contributed by atoms with Crippen LogP contribution in [0.5, 0.6) is 0 Å². The van der Waals surface area contributed by atoms with Gasteiger partial charge in [0, 0.05) is 19.8 Å². The number of urea groups is 1. The summed E-state index contributed by atoms with van der Waals surface area (Å²) in [5.41, 5.74) is 0.437. The van der Waals surface area contributed by atoms with Gasteiger partial charge in [-0.3, -0.25) is 4.79 Å². The van der Waals surface area contributed by atoms with Crippen molar-refractivity contribution in [2.75, 3.05) is 18.5 Å². The number of nitrogens with one attached hydrogen (secondary N) is 1. The number of hydrogen-bond donors (Lipinski definition) is 1. The first-order valence-corrected chi connectivity index (χ1v) is 7.25. The summed E-state index contributed by atoms with van der Waals surface area (Å²) in [4.78, 5) is 25.6. The molecule has 2 heterocycles. The number of pyridine rings is 1. The van der Waals surface area contributed by atoms with E-state index in [4.69, 9.17) is 4.74 Å². The summed E-state index contributed by atoms with van der Waals surface area (Å²) in [6.07, 6.45) is 1.61. The molecule has 2 rings (SSSR count). The van der Waals surface area contributed by atoms with Gasteiger partial charge in [-0.15, -0.1) is 0 Å². The molecule has 2 atom stereocenters. The van der Waals surface area contributed by atoms with Gasteiger partial charge in [0.2, 0.25) is 0 Å². The molecule has 1 fully saturated rings. The molecule has 1 N–H and O–H groups in total. The Labute approximate surface area is 125 Å². The van der Waals surface area contributed by atoms with Crippen LogP contribution in [0.1, 0.15) is 13.8 Å². The number of nitrogens with zero attached hydrogens (tertiary/aromatic N) is 2. The minimum Gasteiger partial charge on any atom is -0.375 e. The Morgan fingerprint density at radius 2 is 2.20 bits per heavy atom. The molecule has 1 aromatic rings. The van der Waals surface area contributed by atoms with Gasteiger partial charge >= 0.3 is 6.03 Å². The minimum atomic E-state index is -0.182. The number of halogens is 1. The Morgan fingerprint density at radius 3 is 2.85 bits per heavy atom. The normalized spacial score (nSPS) is 22.7. The Bertz CT molecular complexity index is 546. The van der Waals surface area contributed by atoms with Gasteiger partial charge in [0.15, 0.2) is 0 Å². The summed E-state index contributed by atoms with van der Waals surface area (Å²) in [7, 11) is 1.64. The van der Waals surface area contributed by atoms with E-state index in [2.05, 4.69) is 21.2 Å². The zero-order valence-electron chi connectivity index (χ0n) is 11.7. The Morgan fingerprint density at radius 1 is 1.50 bits per heavy atom. The molecule has 7 heteroatoms. The molecular formula is C13H18BrN3O3. The lowest BCUT2D eigenvalue weighted by atomic mass is 10.1. The highest BCUT2D eigenvalue weighted by atomic mass is 79.9. The van der Waals surface area contributed by atoms with Gasteiger partial charge in [-0.25, -0.2) is 4.79 Å². The summed E-state index contributed by atoms with van der Waals surface area (Å²) in [6.45, 7) is 5.01. The number of ether oxygens (including phenoxy) is 1. The standard InChI is InChI=1S/C13H18BrN3O3/c1-8-9(2)20-5-4-17(8)13(19)15-10-6-11(14)12(18)16(3)7-10/h6-9H,4-5H2,1-3H3,(H,15,19). The second-order valence-electron chi connectivity index (χ2n) is 4.93. The van der Waals surface area contributed by atoms with E-state index in [9.17, 15) is 9.59 Å². The maximum absolute atomic E-state index is 12.3. The van der Waals surface area contributed by atoms with Crippen LogP contribution < -0.4 is 10.9 Å². The van der Waals surface area contributed by atoms with Crippen molar-refractivity contribution in [1.29, 1.82) is 0 Å². The molecule has 0 bridgehead atoms. The molecule has 1 aliphatic heterocycles. The second kappa shape index (κ2) is 5.97. The molecule has 1 saturated heterocycles. The van der Waals surface area contributed by atoms with Gasteiger partial charge in [0.1, 0.15) is 0 Å². The number of morpholine rings is 1. The Hall–Kier alpha value is -1.34. The fourth-order valence-electron chi connectivity index (χ4n) is 2.15. The van der Waals surface area contributed by atoms with Crippen molar-refractivity contribution in [3.8, 4) is 0 Å².